The van der Waals surface area contributed by atoms with Crippen LogP contribution in [0.1, 0.15) is 32.0 Å². The molecule has 4 heterocycles. The quantitative estimate of drug-likeness (QED) is 0.407. The van der Waals surface area contributed by atoms with Gasteiger partial charge in [-0.15, -0.1) is 0 Å². The Morgan fingerprint density at radius 1 is 1.05 bits per heavy atom. The molecule has 3 aliphatic heterocycles. The number of likely N-dealkylation sites (N-methyl/N-ethyl adjacent to an activating group) is 1. The Morgan fingerprint density at radius 2 is 1.75 bits per heavy atom. The molecular weight excluding hydrogens is 554 g/mol. The lowest BCUT2D eigenvalue weighted by molar-refractivity contribution is -0.126. The van der Waals surface area contributed by atoms with Gasteiger partial charge in [-0.3, -0.25) is 9.69 Å². The van der Waals surface area contributed by atoms with E-state index < -0.39 is 0 Å². The number of hydrogen-bond acceptors (Lipinski definition) is 9. The molecule has 0 bridgehead atoms. The molecule has 3 aliphatic rings. The molecule has 2 saturated heterocycles. The van der Waals surface area contributed by atoms with Crippen LogP contribution in [0, 0.1) is 11.3 Å². The predicted molar refractivity (Wildman–Crippen MR) is 175 cm³/mol. The second-order valence-corrected chi connectivity index (χ2v) is 11.7. The number of nitriles is 1. The third-order valence-electron chi connectivity index (χ3n) is 8.44. The van der Waals surface area contributed by atoms with Crippen LogP contribution >= 0.6 is 0 Å². The number of aromatic nitrogens is 2. The first-order chi connectivity index (χ1) is 21.2. The highest BCUT2D eigenvalue weighted by molar-refractivity contribution is 5.94. The van der Waals surface area contributed by atoms with E-state index in [4.69, 9.17) is 24.7 Å². The zero-order chi connectivity index (χ0) is 31.7. The molecule has 2 fully saturated rings. The van der Waals surface area contributed by atoms with E-state index >= 15 is 0 Å². The number of rotatable bonds is 4. The van der Waals surface area contributed by atoms with Crippen molar-refractivity contribution >= 4 is 28.2 Å². The predicted octanol–water partition coefficient (Wildman–Crippen LogP) is 4.29. The Balaban J connectivity index is 0.000000311. The number of carbonyl (C=O) groups is 1. The minimum atomic E-state index is -0.0160. The summed E-state index contributed by atoms with van der Waals surface area (Å²) in [7, 11) is 3.75. The third-order valence-corrected chi connectivity index (χ3v) is 8.44. The minimum absolute atomic E-state index is 0.0160. The van der Waals surface area contributed by atoms with Gasteiger partial charge in [-0.05, 0) is 44.8 Å². The molecule has 0 spiro atoms. The molecule has 1 aromatic heterocycles. The van der Waals surface area contributed by atoms with Crippen molar-refractivity contribution in [3.05, 3.63) is 66.4 Å². The molecule has 3 aromatic rings. The molecule has 10 nitrogen and oxygen atoms in total. The fourth-order valence-corrected chi connectivity index (χ4v) is 5.64. The van der Waals surface area contributed by atoms with E-state index in [1.807, 2.05) is 4.90 Å². The zero-order valence-electron chi connectivity index (χ0n) is 26.8. The highest BCUT2D eigenvalue weighted by Crippen LogP contribution is 2.34. The molecule has 0 atom stereocenters. The fourth-order valence-electron chi connectivity index (χ4n) is 5.64. The summed E-state index contributed by atoms with van der Waals surface area (Å²) in [4.78, 5) is 30.2. The topological polar surface area (TPSA) is 98.1 Å². The van der Waals surface area contributed by atoms with Crippen molar-refractivity contribution in [2.45, 2.75) is 39.3 Å². The lowest BCUT2D eigenvalue weighted by Gasteiger charge is -2.39. The Morgan fingerprint density at radius 3 is 2.39 bits per heavy atom. The molecule has 0 N–H and O–H groups in total. The van der Waals surface area contributed by atoms with Crippen molar-refractivity contribution in [2.24, 2.45) is 0 Å². The maximum Gasteiger partial charge on any atom is 0.318 e. The van der Waals surface area contributed by atoms with E-state index in [0.717, 1.165) is 57.3 Å². The van der Waals surface area contributed by atoms with Gasteiger partial charge >= 0.3 is 6.01 Å². The first-order valence-electron chi connectivity index (χ1n) is 15.1. The largest absolute Gasteiger partial charge is 0.467 e. The summed E-state index contributed by atoms with van der Waals surface area (Å²) in [6.07, 6.45) is 2.25. The van der Waals surface area contributed by atoms with Gasteiger partial charge in [-0.25, -0.2) is 0 Å². The number of ether oxygens (including phenoxy) is 2. The van der Waals surface area contributed by atoms with Crippen LogP contribution in [0.15, 0.2) is 55.1 Å². The third kappa shape index (κ3) is 7.65. The van der Waals surface area contributed by atoms with Crippen LogP contribution in [0.2, 0.25) is 0 Å². The fraction of sp³-hybridized carbons (Fsp3) is 0.471. The van der Waals surface area contributed by atoms with Crippen molar-refractivity contribution in [1.82, 2.24) is 19.8 Å². The smallest absolute Gasteiger partial charge is 0.318 e. The van der Waals surface area contributed by atoms with Crippen LogP contribution in [0.4, 0.5) is 11.5 Å². The van der Waals surface area contributed by atoms with Crippen molar-refractivity contribution in [3.63, 3.8) is 0 Å². The van der Waals surface area contributed by atoms with Crippen molar-refractivity contribution < 1.29 is 14.3 Å². The SMILES string of the molecule is C=CC(=O)N1CCN(c2nc(OC)nc3c2CCN(c2cccc4ccccc24)C3)CC1.CC#N.CN1CCOCC1(C)C. The molecule has 0 radical (unpaired) electrons. The number of hydrogen-bond donors (Lipinski definition) is 0. The van der Waals surface area contributed by atoms with Gasteiger partial charge in [0.25, 0.3) is 0 Å². The average Bonchev–Trinajstić information content (AvgIpc) is 3.05. The highest BCUT2D eigenvalue weighted by Gasteiger charge is 2.29. The number of methoxy groups -OCH3 is 1. The number of fused-ring (bicyclic) bond motifs is 2. The molecule has 1 amide bonds. The molecule has 234 valence electrons. The average molecular weight is 600 g/mol. The summed E-state index contributed by atoms with van der Waals surface area (Å²) < 4.78 is 10.8. The number of piperazine rings is 1. The van der Waals surface area contributed by atoms with Crippen LogP contribution < -0.4 is 14.5 Å². The highest BCUT2D eigenvalue weighted by atomic mass is 16.5. The Hall–Kier alpha value is -4.20. The molecule has 2 aromatic carbocycles. The molecule has 0 saturated carbocycles. The second-order valence-electron chi connectivity index (χ2n) is 11.7. The summed E-state index contributed by atoms with van der Waals surface area (Å²) in [6.45, 7) is 16.7. The van der Waals surface area contributed by atoms with Gasteiger partial charge in [0.15, 0.2) is 0 Å². The molecule has 44 heavy (non-hydrogen) atoms. The monoisotopic (exact) mass is 599 g/mol. The summed E-state index contributed by atoms with van der Waals surface area (Å²) in [5, 5.41) is 9.81. The van der Waals surface area contributed by atoms with Crippen LogP contribution in [-0.2, 0) is 22.5 Å². The second kappa shape index (κ2) is 15.0. The van der Waals surface area contributed by atoms with Crippen LogP contribution in [0.3, 0.4) is 0 Å². The van der Waals surface area contributed by atoms with Crippen LogP contribution in [0.5, 0.6) is 6.01 Å². The lowest BCUT2D eigenvalue weighted by atomic mass is 10.0. The molecular formula is C34H45N7O3. The summed E-state index contributed by atoms with van der Waals surface area (Å²) in [5.41, 5.74) is 3.67. The maximum atomic E-state index is 11.9. The number of amides is 1. The maximum absolute atomic E-state index is 11.9. The van der Waals surface area contributed by atoms with Gasteiger partial charge in [0, 0.05) is 68.4 Å². The number of carbonyl (C=O) groups excluding carboxylic acids is 1. The first kappa shape index (κ1) is 32.7. The van der Waals surface area contributed by atoms with Crippen molar-refractivity contribution in [1.29, 1.82) is 5.26 Å². The Bertz CT molecular complexity index is 1470. The standard InChI is InChI=1S/C25H27N5O2.C7H15NO.C2H3N/c1-3-23(31)28-13-15-29(16-14-28)24-20-11-12-30(17-21(20)26-25(27-24)32-2)22-10-6-8-18-7-4-5-9-19(18)22;1-7(2)6-9-5-4-8(7)3;1-2-3/h3-10H,1,11-17H2,2H3;4-6H2,1-3H3;1H3. The lowest BCUT2D eigenvalue weighted by Crippen LogP contribution is -2.50. The molecule has 6 rings (SSSR count). The van der Waals surface area contributed by atoms with E-state index in [2.05, 4.69) is 84.6 Å². The van der Waals surface area contributed by atoms with E-state index in [1.54, 1.807) is 13.2 Å². The van der Waals surface area contributed by atoms with E-state index in [-0.39, 0.29) is 11.4 Å². The summed E-state index contributed by atoms with van der Waals surface area (Å²) in [6, 6.07) is 17.1. The van der Waals surface area contributed by atoms with Crippen LogP contribution in [-0.4, -0.2) is 97.9 Å². The first-order valence-corrected chi connectivity index (χ1v) is 15.1. The van der Waals surface area contributed by atoms with Crippen molar-refractivity contribution in [2.75, 3.05) is 76.4 Å². The molecule has 10 heteroatoms. The molecule has 0 unspecified atom stereocenters. The van der Waals surface area contributed by atoms with Crippen molar-refractivity contribution in [3.8, 4) is 12.1 Å². The Kier molecular flexibility index (Phi) is 11.1. The van der Waals surface area contributed by atoms with Gasteiger partial charge in [0.2, 0.25) is 5.91 Å². The Labute approximate surface area is 261 Å². The van der Waals surface area contributed by atoms with Gasteiger partial charge in [-0.1, -0.05) is 43.0 Å². The number of morpholine rings is 1. The molecule has 0 aliphatic carbocycles. The number of nitrogens with zero attached hydrogens (tertiary/aromatic N) is 7. The summed E-state index contributed by atoms with van der Waals surface area (Å²) >= 11 is 0. The van der Waals surface area contributed by atoms with Gasteiger partial charge in [0.05, 0.1) is 38.6 Å². The van der Waals surface area contributed by atoms with E-state index in [1.165, 1.54) is 35.0 Å². The van der Waals surface area contributed by atoms with Gasteiger partial charge in [-0.2, -0.15) is 15.2 Å². The van der Waals surface area contributed by atoms with E-state index in [0.29, 0.717) is 25.6 Å². The van der Waals surface area contributed by atoms with Gasteiger partial charge in [0.1, 0.15) is 5.82 Å². The minimum Gasteiger partial charge on any atom is -0.467 e. The number of benzene rings is 2. The van der Waals surface area contributed by atoms with Crippen LogP contribution in [0.25, 0.3) is 10.8 Å². The zero-order valence-corrected chi connectivity index (χ0v) is 26.8. The number of anilines is 2. The normalized spacial score (nSPS) is 17.7. The van der Waals surface area contributed by atoms with E-state index in [9.17, 15) is 4.79 Å². The summed E-state index contributed by atoms with van der Waals surface area (Å²) in [5.74, 6) is 0.924. The van der Waals surface area contributed by atoms with Gasteiger partial charge < -0.3 is 24.2 Å².